The Labute approximate surface area is 133 Å². The molecule has 2 aromatic carbocycles. The Morgan fingerprint density at radius 2 is 1.95 bits per heavy atom. The predicted octanol–water partition coefficient (Wildman–Crippen LogP) is 3.21. The average molecular weight is 315 g/mol. The maximum atomic E-state index is 12.2. The second-order valence-electron chi connectivity index (χ2n) is 4.98. The summed E-state index contributed by atoms with van der Waals surface area (Å²) in [6, 6.07) is 15.6. The summed E-state index contributed by atoms with van der Waals surface area (Å²) in [7, 11) is 0. The van der Waals surface area contributed by atoms with Crippen molar-refractivity contribution in [3.05, 3.63) is 54.1 Å². The molecule has 5 heteroatoms. The lowest BCUT2D eigenvalue weighted by Gasteiger charge is -2.12. The maximum Gasteiger partial charge on any atom is 0.233 e. The van der Waals surface area contributed by atoms with Gasteiger partial charge in [0.25, 0.3) is 0 Å². The topological polar surface area (TPSA) is 47.6 Å². The van der Waals surface area contributed by atoms with Crippen LogP contribution in [0.5, 0.6) is 11.5 Å². The number of carbonyl (C=O) groups excluding carboxylic acids is 1. The molecule has 4 nitrogen and oxygen atoms in total. The van der Waals surface area contributed by atoms with E-state index in [1.165, 1.54) is 0 Å². The summed E-state index contributed by atoms with van der Waals surface area (Å²) in [5.74, 6) is 1.51. The molecule has 0 aliphatic carbocycles. The Kier molecular flexibility index (Phi) is 4.53. The van der Waals surface area contributed by atoms with Crippen LogP contribution in [0.1, 0.15) is 12.5 Å². The molecule has 1 amide bonds. The summed E-state index contributed by atoms with van der Waals surface area (Å²) in [5, 5.41) is 2.81. The van der Waals surface area contributed by atoms with Crippen molar-refractivity contribution in [1.82, 2.24) is 5.32 Å². The normalized spacial score (nSPS) is 13.7. The van der Waals surface area contributed by atoms with E-state index in [1.54, 1.807) is 11.8 Å². The van der Waals surface area contributed by atoms with Gasteiger partial charge in [0.1, 0.15) is 0 Å². The van der Waals surface area contributed by atoms with E-state index in [4.69, 9.17) is 9.47 Å². The standard InChI is InChI=1S/C17H17NO3S/c1-12(22-14-5-3-2-4-6-14)17(19)18-10-13-7-8-15-16(9-13)21-11-20-15/h2-9,12H,10-11H2,1H3,(H,18,19)/t12-/m1/s1. The summed E-state index contributed by atoms with van der Waals surface area (Å²) in [6.07, 6.45) is 0. The summed E-state index contributed by atoms with van der Waals surface area (Å²) in [6.45, 7) is 2.65. The number of fused-ring (bicyclic) bond motifs is 1. The molecule has 0 saturated carbocycles. The van der Waals surface area contributed by atoms with Crippen LogP contribution in [0.25, 0.3) is 0 Å². The first kappa shape index (κ1) is 14.8. The molecule has 3 rings (SSSR count). The van der Waals surface area contributed by atoms with Crippen molar-refractivity contribution in [1.29, 1.82) is 0 Å². The van der Waals surface area contributed by atoms with Gasteiger partial charge < -0.3 is 14.8 Å². The number of hydrogen-bond acceptors (Lipinski definition) is 4. The van der Waals surface area contributed by atoms with Crippen LogP contribution in [0.15, 0.2) is 53.4 Å². The van der Waals surface area contributed by atoms with Crippen LogP contribution >= 0.6 is 11.8 Å². The number of amides is 1. The summed E-state index contributed by atoms with van der Waals surface area (Å²) >= 11 is 1.55. The van der Waals surface area contributed by atoms with E-state index in [1.807, 2.05) is 55.5 Å². The van der Waals surface area contributed by atoms with Crippen LogP contribution in [0.3, 0.4) is 0 Å². The van der Waals surface area contributed by atoms with E-state index < -0.39 is 0 Å². The Morgan fingerprint density at radius 1 is 1.18 bits per heavy atom. The summed E-state index contributed by atoms with van der Waals surface area (Å²) < 4.78 is 10.6. The van der Waals surface area contributed by atoms with Crippen molar-refractivity contribution < 1.29 is 14.3 Å². The van der Waals surface area contributed by atoms with E-state index in [0.29, 0.717) is 6.54 Å². The fraction of sp³-hybridized carbons (Fsp3) is 0.235. The molecular weight excluding hydrogens is 298 g/mol. The number of carbonyl (C=O) groups is 1. The zero-order chi connectivity index (χ0) is 15.4. The SMILES string of the molecule is C[C@@H](Sc1ccccc1)C(=O)NCc1ccc2c(c1)OCO2. The molecule has 1 aliphatic rings. The molecule has 1 atom stereocenters. The molecule has 22 heavy (non-hydrogen) atoms. The van der Waals surface area contributed by atoms with Gasteiger partial charge in [0, 0.05) is 11.4 Å². The third-order valence-electron chi connectivity index (χ3n) is 3.33. The van der Waals surface area contributed by atoms with Crippen LogP contribution < -0.4 is 14.8 Å². The number of thioether (sulfide) groups is 1. The third-order valence-corrected chi connectivity index (χ3v) is 4.44. The largest absolute Gasteiger partial charge is 0.454 e. The van der Waals surface area contributed by atoms with Crippen molar-refractivity contribution in [3.8, 4) is 11.5 Å². The molecule has 0 fully saturated rings. The highest BCUT2D eigenvalue weighted by Gasteiger charge is 2.16. The smallest absolute Gasteiger partial charge is 0.233 e. The van der Waals surface area contributed by atoms with Gasteiger partial charge in [0.2, 0.25) is 12.7 Å². The molecule has 0 bridgehead atoms. The van der Waals surface area contributed by atoms with Gasteiger partial charge in [-0.3, -0.25) is 4.79 Å². The zero-order valence-corrected chi connectivity index (χ0v) is 13.1. The van der Waals surface area contributed by atoms with Gasteiger partial charge in [0.15, 0.2) is 11.5 Å². The quantitative estimate of drug-likeness (QED) is 0.861. The van der Waals surface area contributed by atoms with E-state index in [-0.39, 0.29) is 18.0 Å². The van der Waals surface area contributed by atoms with Crippen molar-refractivity contribution in [3.63, 3.8) is 0 Å². The molecule has 2 aromatic rings. The minimum Gasteiger partial charge on any atom is -0.454 e. The van der Waals surface area contributed by atoms with Gasteiger partial charge in [-0.2, -0.15) is 0 Å². The van der Waals surface area contributed by atoms with Crippen molar-refractivity contribution in [2.75, 3.05) is 6.79 Å². The molecule has 114 valence electrons. The number of hydrogen-bond donors (Lipinski definition) is 1. The molecule has 0 unspecified atom stereocenters. The minimum atomic E-state index is -0.142. The van der Waals surface area contributed by atoms with Gasteiger partial charge in [-0.15, -0.1) is 11.8 Å². The Hall–Kier alpha value is -2.14. The molecule has 1 aliphatic heterocycles. The number of ether oxygens (including phenoxy) is 2. The second-order valence-corrected chi connectivity index (χ2v) is 6.39. The average Bonchev–Trinajstić information content (AvgIpc) is 3.01. The maximum absolute atomic E-state index is 12.2. The van der Waals surface area contributed by atoms with Gasteiger partial charge in [-0.25, -0.2) is 0 Å². The lowest BCUT2D eigenvalue weighted by atomic mass is 10.2. The first-order valence-corrected chi connectivity index (χ1v) is 7.98. The Balaban J connectivity index is 1.53. The highest BCUT2D eigenvalue weighted by atomic mass is 32.2. The van der Waals surface area contributed by atoms with E-state index in [9.17, 15) is 4.79 Å². The van der Waals surface area contributed by atoms with Crippen LogP contribution in [-0.2, 0) is 11.3 Å². The Bertz CT molecular complexity index is 660. The number of rotatable bonds is 5. The first-order valence-electron chi connectivity index (χ1n) is 7.10. The van der Waals surface area contributed by atoms with E-state index in [0.717, 1.165) is 22.0 Å². The number of nitrogens with one attached hydrogen (secondary N) is 1. The molecule has 1 heterocycles. The van der Waals surface area contributed by atoms with Crippen LogP contribution in [-0.4, -0.2) is 18.0 Å². The third kappa shape index (κ3) is 3.54. The van der Waals surface area contributed by atoms with E-state index in [2.05, 4.69) is 5.32 Å². The molecule has 0 saturated heterocycles. The minimum absolute atomic E-state index is 0.0199. The van der Waals surface area contributed by atoms with Gasteiger partial charge in [-0.1, -0.05) is 24.3 Å². The van der Waals surface area contributed by atoms with Gasteiger partial charge in [0.05, 0.1) is 5.25 Å². The predicted molar refractivity (Wildman–Crippen MR) is 86.2 cm³/mol. The van der Waals surface area contributed by atoms with Gasteiger partial charge in [-0.05, 0) is 36.8 Å². The summed E-state index contributed by atoms with van der Waals surface area (Å²) in [4.78, 5) is 13.3. The molecule has 0 radical (unpaired) electrons. The molecule has 1 N–H and O–H groups in total. The van der Waals surface area contributed by atoms with Crippen molar-refractivity contribution in [2.45, 2.75) is 23.6 Å². The lowest BCUT2D eigenvalue weighted by Crippen LogP contribution is -2.30. The second kappa shape index (κ2) is 6.75. The highest BCUT2D eigenvalue weighted by Crippen LogP contribution is 2.32. The lowest BCUT2D eigenvalue weighted by molar-refractivity contribution is -0.120. The molecular formula is C17H17NO3S. The monoisotopic (exact) mass is 315 g/mol. The first-order chi connectivity index (χ1) is 10.7. The van der Waals surface area contributed by atoms with Crippen LogP contribution in [0, 0.1) is 0 Å². The fourth-order valence-corrected chi connectivity index (χ4v) is 3.05. The Morgan fingerprint density at radius 3 is 2.77 bits per heavy atom. The number of benzene rings is 2. The molecule has 0 aromatic heterocycles. The summed E-state index contributed by atoms with van der Waals surface area (Å²) in [5.41, 5.74) is 0.995. The highest BCUT2D eigenvalue weighted by molar-refractivity contribution is 8.00. The van der Waals surface area contributed by atoms with Crippen molar-refractivity contribution in [2.24, 2.45) is 0 Å². The van der Waals surface area contributed by atoms with Crippen LogP contribution in [0.2, 0.25) is 0 Å². The van der Waals surface area contributed by atoms with Crippen LogP contribution in [0.4, 0.5) is 0 Å². The molecule has 0 spiro atoms. The van der Waals surface area contributed by atoms with Gasteiger partial charge >= 0.3 is 0 Å². The van der Waals surface area contributed by atoms with E-state index >= 15 is 0 Å². The fourth-order valence-electron chi connectivity index (χ4n) is 2.14. The zero-order valence-electron chi connectivity index (χ0n) is 12.2. The van der Waals surface area contributed by atoms with Crippen molar-refractivity contribution >= 4 is 17.7 Å².